The summed E-state index contributed by atoms with van der Waals surface area (Å²) in [6.07, 6.45) is 2.69. The molecular weight excluding hydrogens is 198 g/mol. The van der Waals surface area contributed by atoms with Gasteiger partial charge in [-0.25, -0.2) is 8.78 Å². The topological polar surface area (TPSA) is 29.3 Å². The Morgan fingerprint density at radius 3 is 2.20 bits per heavy atom. The van der Waals surface area contributed by atoms with Crippen molar-refractivity contribution >= 4 is 0 Å². The predicted octanol–water partition coefficient (Wildman–Crippen LogP) is 1.84. The average molecular weight is 218 g/mol. The Morgan fingerprint density at radius 1 is 1.27 bits per heavy atom. The number of hydrogen-bond donors (Lipinski definition) is 1. The fourth-order valence-electron chi connectivity index (χ4n) is 2.60. The molecule has 1 aliphatic heterocycles. The molecule has 0 spiro atoms. The number of hydrogen-bond acceptors (Lipinski definition) is 2. The molecule has 1 heterocycles. The van der Waals surface area contributed by atoms with Gasteiger partial charge < -0.3 is 10.6 Å². The molecule has 88 valence electrons. The minimum Gasteiger partial charge on any atom is -0.330 e. The lowest BCUT2D eigenvalue weighted by atomic mass is 9.77. The molecule has 2 aliphatic rings. The number of nitrogens with zero attached hydrogens (tertiary/aromatic N) is 1. The standard InChI is InChI=1S/C11H20F2N2/c12-10(13)11(8-14)4-6-15(7-5-11)9-2-1-3-9/h9-10H,1-8,14H2. The highest BCUT2D eigenvalue weighted by atomic mass is 19.3. The minimum atomic E-state index is -2.26. The Kier molecular flexibility index (Phi) is 3.26. The van der Waals surface area contributed by atoms with Gasteiger partial charge in [0.1, 0.15) is 0 Å². The molecule has 0 bridgehead atoms. The van der Waals surface area contributed by atoms with Crippen LogP contribution in [0.2, 0.25) is 0 Å². The summed E-state index contributed by atoms with van der Waals surface area (Å²) in [6, 6.07) is 0.679. The van der Waals surface area contributed by atoms with E-state index in [1.165, 1.54) is 19.3 Å². The van der Waals surface area contributed by atoms with E-state index in [0.29, 0.717) is 18.9 Å². The third kappa shape index (κ3) is 2.02. The van der Waals surface area contributed by atoms with Crippen molar-refractivity contribution in [1.29, 1.82) is 0 Å². The maximum atomic E-state index is 12.9. The Bertz CT molecular complexity index is 209. The Morgan fingerprint density at radius 2 is 1.87 bits per heavy atom. The molecule has 2 nitrogen and oxygen atoms in total. The Balaban J connectivity index is 1.89. The quantitative estimate of drug-likeness (QED) is 0.783. The number of nitrogens with two attached hydrogens (primary N) is 1. The van der Waals surface area contributed by atoms with Crippen molar-refractivity contribution in [3.63, 3.8) is 0 Å². The second kappa shape index (κ2) is 4.34. The fourth-order valence-corrected chi connectivity index (χ4v) is 2.60. The van der Waals surface area contributed by atoms with Gasteiger partial charge in [-0.2, -0.15) is 0 Å². The molecule has 0 aromatic carbocycles. The average Bonchev–Trinajstić information content (AvgIpc) is 2.16. The van der Waals surface area contributed by atoms with Crippen molar-refractivity contribution in [1.82, 2.24) is 4.90 Å². The van der Waals surface area contributed by atoms with Crippen LogP contribution in [0.4, 0.5) is 8.78 Å². The molecule has 0 unspecified atom stereocenters. The first-order valence-corrected chi connectivity index (χ1v) is 5.90. The van der Waals surface area contributed by atoms with Gasteiger partial charge in [-0.3, -0.25) is 0 Å². The van der Waals surface area contributed by atoms with Gasteiger partial charge in [-0.1, -0.05) is 6.42 Å². The fraction of sp³-hybridized carbons (Fsp3) is 1.00. The zero-order chi connectivity index (χ0) is 10.9. The zero-order valence-corrected chi connectivity index (χ0v) is 9.09. The number of rotatable bonds is 3. The zero-order valence-electron chi connectivity index (χ0n) is 9.09. The maximum Gasteiger partial charge on any atom is 0.245 e. The summed E-state index contributed by atoms with van der Waals surface area (Å²) in [7, 11) is 0. The highest BCUT2D eigenvalue weighted by Crippen LogP contribution is 2.39. The molecule has 4 heteroatoms. The number of halogens is 2. The van der Waals surface area contributed by atoms with Gasteiger partial charge in [0.25, 0.3) is 0 Å². The van der Waals surface area contributed by atoms with Crippen LogP contribution in [-0.4, -0.2) is 37.0 Å². The van der Waals surface area contributed by atoms with Crippen molar-refractivity contribution in [2.24, 2.45) is 11.1 Å². The van der Waals surface area contributed by atoms with Crippen LogP contribution in [0.3, 0.4) is 0 Å². The van der Waals surface area contributed by atoms with E-state index >= 15 is 0 Å². The lowest BCUT2D eigenvalue weighted by Gasteiger charge is -2.46. The second-order valence-corrected chi connectivity index (χ2v) is 4.99. The number of alkyl halides is 2. The SMILES string of the molecule is NCC1(C(F)F)CCN(C2CCC2)CC1. The lowest BCUT2D eigenvalue weighted by Crippen LogP contribution is -2.52. The molecule has 0 amide bonds. The van der Waals surface area contributed by atoms with Crippen LogP contribution >= 0.6 is 0 Å². The molecule has 0 atom stereocenters. The summed E-state index contributed by atoms with van der Waals surface area (Å²) < 4.78 is 25.8. The largest absolute Gasteiger partial charge is 0.330 e. The lowest BCUT2D eigenvalue weighted by molar-refractivity contribution is -0.0545. The van der Waals surface area contributed by atoms with Crippen LogP contribution in [-0.2, 0) is 0 Å². The van der Waals surface area contributed by atoms with Crippen LogP contribution in [0.15, 0.2) is 0 Å². The van der Waals surface area contributed by atoms with Crippen molar-refractivity contribution < 1.29 is 8.78 Å². The number of likely N-dealkylation sites (tertiary alicyclic amines) is 1. The molecule has 1 saturated heterocycles. The second-order valence-electron chi connectivity index (χ2n) is 4.99. The molecule has 2 N–H and O–H groups in total. The molecule has 15 heavy (non-hydrogen) atoms. The van der Waals surface area contributed by atoms with E-state index in [0.717, 1.165) is 13.1 Å². The Hall–Kier alpha value is -0.220. The summed E-state index contributed by atoms with van der Waals surface area (Å²) in [5.41, 5.74) is 4.62. The van der Waals surface area contributed by atoms with E-state index < -0.39 is 11.8 Å². The van der Waals surface area contributed by atoms with Crippen LogP contribution in [0.1, 0.15) is 32.1 Å². The van der Waals surface area contributed by atoms with Gasteiger partial charge in [0.2, 0.25) is 6.43 Å². The summed E-state index contributed by atoms with van der Waals surface area (Å²) in [5, 5.41) is 0. The van der Waals surface area contributed by atoms with Crippen LogP contribution < -0.4 is 5.73 Å². The van der Waals surface area contributed by atoms with Crippen LogP contribution in [0.5, 0.6) is 0 Å². The Labute approximate surface area is 89.8 Å². The van der Waals surface area contributed by atoms with E-state index in [-0.39, 0.29) is 6.54 Å². The van der Waals surface area contributed by atoms with Gasteiger partial charge in [0, 0.05) is 18.0 Å². The number of piperidine rings is 1. The molecule has 2 fully saturated rings. The van der Waals surface area contributed by atoms with E-state index in [9.17, 15) is 8.78 Å². The third-order valence-corrected chi connectivity index (χ3v) is 4.25. The molecular formula is C11H20F2N2. The van der Waals surface area contributed by atoms with E-state index in [1.54, 1.807) is 0 Å². The first kappa shape index (κ1) is 11.3. The van der Waals surface area contributed by atoms with Gasteiger partial charge in [0.05, 0.1) is 0 Å². The minimum absolute atomic E-state index is 0.128. The monoisotopic (exact) mass is 218 g/mol. The smallest absolute Gasteiger partial charge is 0.245 e. The summed E-state index contributed by atoms with van der Waals surface area (Å²) in [5.74, 6) is 0. The van der Waals surface area contributed by atoms with Crippen LogP contribution in [0.25, 0.3) is 0 Å². The van der Waals surface area contributed by atoms with Crippen molar-refractivity contribution in [2.75, 3.05) is 19.6 Å². The highest BCUT2D eigenvalue weighted by Gasteiger charge is 2.43. The summed E-state index contributed by atoms with van der Waals surface area (Å²) in [6.45, 7) is 1.75. The summed E-state index contributed by atoms with van der Waals surface area (Å²) >= 11 is 0. The van der Waals surface area contributed by atoms with Crippen molar-refractivity contribution in [3.05, 3.63) is 0 Å². The van der Waals surface area contributed by atoms with Gasteiger partial charge >= 0.3 is 0 Å². The van der Waals surface area contributed by atoms with Crippen molar-refractivity contribution in [2.45, 2.75) is 44.6 Å². The molecule has 0 radical (unpaired) electrons. The normalized spacial score (nSPS) is 28.0. The van der Waals surface area contributed by atoms with Gasteiger partial charge in [-0.15, -0.1) is 0 Å². The van der Waals surface area contributed by atoms with E-state index in [2.05, 4.69) is 4.90 Å². The van der Waals surface area contributed by atoms with Crippen LogP contribution in [0, 0.1) is 5.41 Å². The van der Waals surface area contributed by atoms with E-state index in [1.807, 2.05) is 0 Å². The molecule has 1 saturated carbocycles. The predicted molar refractivity (Wildman–Crippen MR) is 55.9 cm³/mol. The van der Waals surface area contributed by atoms with Crippen molar-refractivity contribution in [3.8, 4) is 0 Å². The first-order chi connectivity index (χ1) is 7.18. The molecule has 2 rings (SSSR count). The highest BCUT2D eigenvalue weighted by molar-refractivity contribution is 4.92. The van der Waals surface area contributed by atoms with E-state index in [4.69, 9.17) is 5.73 Å². The first-order valence-electron chi connectivity index (χ1n) is 5.90. The third-order valence-electron chi connectivity index (χ3n) is 4.25. The molecule has 0 aromatic rings. The maximum absolute atomic E-state index is 12.9. The van der Waals surface area contributed by atoms with Gasteiger partial charge in [-0.05, 0) is 38.8 Å². The molecule has 0 aromatic heterocycles. The molecule has 1 aliphatic carbocycles. The van der Waals surface area contributed by atoms with Gasteiger partial charge in [0.15, 0.2) is 0 Å². The summed E-state index contributed by atoms with van der Waals surface area (Å²) in [4.78, 5) is 2.37.